The molecule has 0 aliphatic rings. The molecule has 0 aliphatic carbocycles. The summed E-state index contributed by atoms with van der Waals surface area (Å²) >= 11 is 0. The van der Waals surface area contributed by atoms with Crippen molar-refractivity contribution in [3.8, 4) is 0 Å². The second-order valence-corrected chi connectivity index (χ2v) is 6.20. The van der Waals surface area contributed by atoms with E-state index < -0.39 is 0 Å². The Bertz CT molecular complexity index is 598. The first-order chi connectivity index (χ1) is 9.59. The van der Waals surface area contributed by atoms with E-state index in [-0.39, 0.29) is 11.7 Å². The summed E-state index contributed by atoms with van der Waals surface area (Å²) in [4.78, 5) is 1.84. The highest BCUT2D eigenvalue weighted by molar-refractivity contribution is 8.76. The molecule has 6 N–H and O–H groups in total. The molecule has 0 atom stereocenters. The third-order valence-corrected chi connectivity index (χ3v) is 5.06. The van der Waals surface area contributed by atoms with Crippen molar-refractivity contribution < 1.29 is 0 Å². The lowest BCUT2D eigenvalue weighted by Crippen LogP contribution is -2.12. The summed E-state index contributed by atoms with van der Waals surface area (Å²) in [6.07, 6.45) is 0. The second kappa shape index (κ2) is 6.49. The summed E-state index contributed by atoms with van der Waals surface area (Å²) in [7, 11) is 3.01. The average Bonchev–Trinajstić information content (AvgIpc) is 2.45. The van der Waals surface area contributed by atoms with Gasteiger partial charge in [0.15, 0.2) is 0 Å². The van der Waals surface area contributed by atoms with Crippen LogP contribution >= 0.6 is 21.6 Å². The van der Waals surface area contributed by atoms with Crippen LogP contribution in [0.3, 0.4) is 0 Å². The molecule has 20 heavy (non-hydrogen) atoms. The third-order valence-electron chi connectivity index (χ3n) is 2.58. The highest BCUT2D eigenvalue weighted by Crippen LogP contribution is 2.40. The van der Waals surface area contributed by atoms with Crippen LogP contribution in [0.2, 0.25) is 0 Å². The fraction of sp³-hybridized carbons (Fsp3) is 0. The summed E-state index contributed by atoms with van der Waals surface area (Å²) in [5.74, 6) is 0.0992. The van der Waals surface area contributed by atoms with Crippen molar-refractivity contribution in [3.05, 3.63) is 59.7 Å². The maximum Gasteiger partial charge on any atom is 0.123 e. The van der Waals surface area contributed by atoms with Crippen LogP contribution in [0.25, 0.3) is 0 Å². The van der Waals surface area contributed by atoms with Crippen molar-refractivity contribution in [1.82, 2.24) is 0 Å². The van der Waals surface area contributed by atoms with Gasteiger partial charge in [0.1, 0.15) is 11.7 Å². The van der Waals surface area contributed by atoms with Crippen LogP contribution in [0.4, 0.5) is 0 Å². The van der Waals surface area contributed by atoms with Crippen molar-refractivity contribution in [1.29, 1.82) is 10.8 Å². The predicted molar refractivity (Wildman–Crippen MR) is 86.6 cm³/mol. The van der Waals surface area contributed by atoms with E-state index in [0.717, 1.165) is 9.79 Å². The molecule has 0 fully saturated rings. The van der Waals surface area contributed by atoms with Crippen LogP contribution in [-0.4, -0.2) is 11.7 Å². The normalized spacial score (nSPS) is 10.2. The molecule has 2 aromatic carbocycles. The van der Waals surface area contributed by atoms with Crippen LogP contribution in [0, 0.1) is 10.8 Å². The second-order valence-electron chi connectivity index (χ2n) is 3.99. The summed E-state index contributed by atoms with van der Waals surface area (Å²) in [6.45, 7) is 0. The Morgan fingerprint density at radius 2 is 1.05 bits per heavy atom. The summed E-state index contributed by atoms with van der Waals surface area (Å²) < 4.78 is 0. The van der Waals surface area contributed by atoms with Gasteiger partial charge in [-0.1, -0.05) is 58.0 Å². The Morgan fingerprint density at radius 3 is 1.40 bits per heavy atom. The minimum Gasteiger partial charge on any atom is -0.384 e. The summed E-state index contributed by atoms with van der Waals surface area (Å²) in [5.41, 5.74) is 12.6. The quantitative estimate of drug-likeness (QED) is 0.387. The lowest BCUT2D eigenvalue weighted by molar-refractivity contribution is 1.34. The minimum atomic E-state index is 0.0496. The molecule has 0 aliphatic heterocycles. The van der Waals surface area contributed by atoms with E-state index in [9.17, 15) is 0 Å². The smallest absolute Gasteiger partial charge is 0.123 e. The number of nitrogens with two attached hydrogens (primary N) is 2. The minimum absolute atomic E-state index is 0.0496. The first kappa shape index (κ1) is 14.5. The van der Waals surface area contributed by atoms with Crippen molar-refractivity contribution in [2.24, 2.45) is 11.5 Å². The average molecular weight is 302 g/mol. The van der Waals surface area contributed by atoms with E-state index in [1.165, 1.54) is 21.6 Å². The fourth-order valence-corrected chi connectivity index (χ4v) is 4.01. The van der Waals surface area contributed by atoms with Gasteiger partial charge in [-0.3, -0.25) is 10.8 Å². The maximum atomic E-state index is 7.57. The van der Waals surface area contributed by atoms with Gasteiger partial charge in [0.2, 0.25) is 0 Å². The van der Waals surface area contributed by atoms with Gasteiger partial charge < -0.3 is 11.5 Å². The first-order valence-corrected chi connectivity index (χ1v) is 7.96. The lowest BCUT2D eigenvalue weighted by Gasteiger charge is -2.09. The molecule has 0 bridgehead atoms. The Hall–Kier alpha value is -1.92. The number of amidine groups is 2. The van der Waals surface area contributed by atoms with Crippen molar-refractivity contribution in [2.75, 3.05) is 0 Å². The Kier molecular flexibility index (Phi) is 4.70. The van der Waals surface area contributed by atoms with Crippen LogP contribution in [0.1, 0.15) is 11.1 Å². The Balaban J connectivity index is 2.22. The van der Waals surface area contributed by atoms with Gasteiger partial charge in [-0.25, -0.2) is 0 Å². The highest BCUT2D eigenvalue weighted by Gasteiger charge is 2.09. The summed E-state index contributed by atoms with van der Waals surface area (Å²) in [5, 5.41) is 15.1. The number of hydrogen-bond donors (Lipinski definition) is 4. The molecule has 0 aromatic heterocycles. The SMILES string of the molecule is N=C(N)c1ccccc1SSc1ccccc1C(=N)N. The maximum absolute atomic E-state index is 7.57. The molecule has 6 heteroatoms. The van der Waals surface area contributed by atoms with Gasteiger partial charge in [0, 0.05) is 20.9 Å². The number of hydrogen-bond acceptors (Lipinski definition) is 4. The van der Waals surface area contributed by atoms with Crippen LogP contribution in [0.5, 0.6) is 0 Å². The molecular formula is C14H14N4S2. The molecular weight excluding hydrogens is 288 g/mol. The highest BCUT2D eigenvalue weighted by atomic mass is 33.1. The van der Waals surface area contributed by atoms with Crippen molar-refractivity contribution >= 4 is 33.3 Å². The standard InChI is InChI=1S/C14H14N4S2/c15-13(16)9-5-1-3-7-11(9)19-20-12-8-4-2-6-10(12)14(17)18/h1-8H,(H3,15,16)(H3,17,18). The Morgan fingerprint density at radius 1 is 0.700 bits per heavy atom. The zero-order valence-electron chi connectivity index (χ0n) is 10.6. The predicted octanol–water partition coefficient (Wildman–Crippen LogP) is 3.05. The number of benzene rings is 2. The molecule has 102 valence electrons. The van der Waals surface area contributed by atoms with E-state index in [2.05, 4.69) is 0 Å². The van der Waals surface area contributed by atoms with Crippen molar-refractivity contribution in [3.63, 3.8) is 0 Å². The van der Waals surface area contributed by atoms with Crippen LogP contribution < -0.4 is 11.5 Å². The third kappa shape index (κ3) is 3.34. The fourth-order valence-electron chi connectivity index (χ4n) is 1.61. The first-order valence-electron chi connectivity index (χ1n) is 5.81. The van der Waals surface area contributed by atoms with Gasteiger partial charge in [-0.15, -0.1) is 0 Å². The van der Waals surface area contributed by atoms with Gasteiger partial charge in [-0.2, -0.15) is 0 Å². The Labute approximate surface area is 125 Å². The summed E-state index contributed by atoms with van der Waals surface area (Å²) in [6, 6.07) is 15.0. The number of nitrogens with one attached hydrogen (secondary N) is 2. The molecule has 2 rings (SSSR count). The van der Waals surface area contributed by atoms with Gasteiger partial charge in [0.05, 0.1) is 0 Å². The molecule has 0 saturated heterocycles. The largest absolute Gasteiger partial charge is 0.384 e. The number of rotatable bonds is 5. The van der Waals surface area contributed by atoms with Crippen LogP contribution in [-0.2, 0) is 0 Å². The zero-order valence-corrected chi connectivity index (χ0v) is 12.2. The lowest BCUT2D eigenvalue weighted by atomic mass is 10.2. The molecule has 0 spiro atoms. The van der Waals surface area contributed by atoms with Gasteiger partial charge in [0.25, 0.3) is 0 Å². The van der Waals surface area contributed by atoms with E-state index in [1.807, 2.05) is 48.5 Å². The molecule has 0 amide bonds. The number of nitrogen functional groups attached to an aromatic ring is 2. The van der Waals surface area contributed by atoms with Crippen molar-refractivity contribution in [2.45, 2.75) is 9.79 Å². The van der Waals surface area contributed by atoms with E-state index in [4.69, 9.17) is 22.3 Å². The van der Waals surface area contributed by atoms with E-state index in [1.54, 1.807) is 0 Å². The molecule has 0 radical (unpaired) electrons. The van der Waals surface area contributed by atoms with Crippen LogP contribution in [0.15, 0.2) is 58.3 Å². The van der Waals surface area contributed by atoms with E-state index in [0.29, 0.717) is 11.1 Å². The molecule has 4 nitrogen and oxygen atoms in total. The monoisotopic (exact) mass is 302 g/mol. The molecule has 0 saturated carbocycles. The van der Waals surface area contributed by atoms with Gasteiger partial charge >= 0.3 is 0 Å². The molecule has 0 heterocycles. The molecule has 0 unspecified atom stereocenters. The van der Waals surface area contributed by atoms with Gasteiger partial charge in [-0.05, 0) is 12.1 Å². The molecule has 2 aromatic rings. The topological polar surface area (TPSA) is 99.7 Å². The van der Waals surface area contributed by atoms with E-state index >= 15 is 0 Å². The zero-order chi connectivity index (χ0) is 14.5.